The predicted molar refractivity (Wildman–Crippen MR) is 63.4 cm³/mol. The van der Waals surface area contributed by atoms with Crippen molar-refractivity contribution in [3.05, 3.63) is 24.3 Å². The highest BCUT2D eigenvalue weighted by atomic mass is 15.0. The van der Waals surface area contributed by atoms with Crippen LogP contribution in [0.5, 0.6) is 0 Å². The summed E-state index contributed by atoms with van der Waals surface area (Å²) in [6, 6.07) is 7.87. The van der Waals surface area contributed by atoms with Crippen molar-refractivity contribution < 1.29 is 0 Å². The van der Waals surface area contributed by atoms with Gasteiger partial charge in [0.15, 0.2) is 0 Å². The Morgan fingerprint density at radius 2 is 1.93 bits per heavy atom. The van der Waals surface area contributed by atoms with E-state index in [-0.39, 0.29) is 5.54 Å². The van der Waals surface area contributed by atoms with Gasteiger partial charge in [-0.25, -0.2) is 0 Å². The van der Waals surface area contributed by atoms with Crippen LogP contribution in [0, 0.1) is 5.92 Å². The van der Waals surface area contributed by atoms with E-state index in [0.717, 1.165) is 11.4 Å². The maximum atomic E-state index is 5.71. The van der Waals surface area contributed by atoms with Crippen LogP contribution in [-0.4, -0.2) is 5.54 Å². The molecule has 0 atom stereocenters. The van der Waals surface area contributed by atoms with Crippen LogP contribution in [0.4, 0.5) is 11.4 Å². The molecule has 1 rings (SSSR count). The highest BCUT2D eigenvalue weighted by Gasteiger charge is 2.21. The monoisotopic (exact) mass is 192 g/mol. The summed E-state index contributed by atoms with van der Waals surface area (Å²) in [5.41, 5.74) is 7.69. The van der Waals surface area contributed by atoms with Crippen LogP contribution in [0.25, 0.3) is 0 Å². The Balaban J connectivity index is 2.78. The van der Waals surface area contributed by atoms with Crippen molar-refractivity contribution >= 4 is 11.4 Å². The zero-order valence-corrected chi connectivity index (χ0v) is 9.46. The highest BCUT2D eigenvalue weighted by molar-refractivity contribution is 5.55. The smallest absolute Gasteiger partial charge is 0.0364 e. The Morgan fingerprint density at radius 1 is 1.29 bits per heavy atom. The standard InChI is InChI=1S/C12H20N2/c1-9(2)12(3,4)14-11-7-5-6-10(13)8-11/h5-9,14H,13H2,1-4H3. The minimum Gasteiger partial charge on any atom is -0.399 e. The summed E-state index contributed by atoms with van der Waals surface area (Å²) >= 11 is 0. The van der Waals surface area contributed by atoms with Crippen LogP contribution in [0.2, 0.25) is 0 Å². The molecule has 0 heterocycles. The molecule has 14 heavy (non-hydrogen) atoms. The van der Waals surface area contributed by atoms with Crippen molar-refractivity contribution in [3.63, 3.8) is 0 Å². The minimum atomic E-state index is 0.0911. The summed E-state index contributed by atoms with van der Waals surface area (Å²) in [7, 11) is 0. The summed E-state index contributed by atoms with van der Waals surface area (Å²) in [5.74, 6) is 0.573. The first-order valence-electron chi connectivity index (χ1n) is 5.05. The Morgan fingerprint density at radius 3 is 2.43 bits per heavy atom. The van der Waals surface area contributed by atoms with Crippen LogP contribution >= 0.6 is 0 Å². The van der Waals surface area contributed by atoms with Gasteiger partial charge in [-0.05, 0) is 38.0 Å². The van der Waals surface area contributed by atoms with Gasteiger partial charge in [0.1, 0.15) is 0 Å². The third-order valence-corrected chi connectivity index (χ3v) is 2.80. The van der Waals surface area contributed by atoms with Gasteiger partial charge >= 0.3 is 0 Å². The minimum absolute atomic E-state index is 0.0911. The average molecular weight is 192 g/mol. The van der Waals surface area contributed by atoms with Gasteiger partial charge in [0.2, 0.25) is 0 Å². The summed E-state index contributed by atoms with van der Waals surface area (Å²) in [4.78, 5) is 0. The Kier molecular flexibility index (Phi) is 3.04. The maximum Gasteiger partial charge on any atom is 0.0364 e. The number of rotatable bonds is 3. The molecule has 0 aromatic heterocycles. The van der Waals surface area contributed by atoms with E-state index in [2.05, 4.69) is 33.0 Å². The largest absolute Gasteiger partial charge is 0.399 e. The van der Waals surface area contributed by atoms with Crippen LogP contribution in [0.3, 0.4) is 0 Å². The first kappa shape index (κ1) is 10.9. The van der Waals surface area contributed by atoms with E-state index in [0.29, 0.717) is 5.92 Å². The molecule has 78 valence electrons. The molecule has 0 saturated carbocycles. The molecule has 1 aromatic rings. The second kappa shape index (κ2) is 3.91. The van der Waals surface area contributed by atoms with Crippen molar-refractivity contribution in [1.29, 1.82) is 0 Å². The quantitative estimate of drug-likeness (QED) is 0.722. The molecule has 0 spiro atoms. The molecule has 0 aliphatic rings. The van der Waals surface area contributed by atoms with Crippen LogP contribution in [0.15, 0.2) is 24.3 Å². The molecule has 1 aromatic carbocycles. The highest BCUT2D eigenvalue weighted by Crippen LogP contribution is 2.23. The molecule has 3 N–H and O–H groups in total. The van der Waals surface area contributed by atoms with Crippen LogP contribution in [0.1, 0.15) is 27.7 Å². The molecule has 0 bridgehead atoms. The lowest BCUT2D eigenvalue weighted by atomic mass is 9.90. The van der Waals surface area contributed by atoms with Crippen LogP contribution < -0.4 is 11.1 Å². The lowest BCUT2D eigenvalue weighted by molar-refractivity contribution is 0.407. The number of hydrogen-bond donors (Lipinski definition) is 2. The molecule has 0 radical (unpaired) electrons. The summed E-state index contributed by atoms with van der Waals surface area (Å²) in [6.45, 7) is 8.81. The Hall–Kier alpha value is -1.18. The second-order valence-corrected chi connectivity index (χ2v) is 4.63. The van der Waals surface area contributed by atoms with E-state index >= 15 is 0 Å². The van der Waals surface area contributed by atoms with Gasteiger partial charge in [0.25, 0.3) is 0 Å². The molecule has 0 amide bonds. The lowest BCUT2D eigenvalue weighted by Gasteiger charge is -2.31. The summed E-state index contributed by atoms with van der Waals surface area (Å²) < 4.78 is 0. The maximum absolute atomic E-state index is 5.71. The van der Waals surface area contributed by atoms with Crippen molar-refractivity contribution in [1.82, 2.24) is 0 Å². The first-order chi connectivity index (χ1) is 6.42. The van der Waals surface area contributed by atoms with E-state index < -0.39 is 0 Å². The average Bonchev–Trinajstić information content (AvgIpc) is 2.02. The Labute approximate surface area is 86.5 Å². The topological polar surface area (TPSA) is 38.0 Å². The third kappa shape index (κ3) is 2.66. The molecular formula is C12H20N2. The first-order valence-corrected chi connectivity index (χ1v) is 5.05. The van der Waals surface area contributed by atoms with Gasteiger partial charge in [-0.2, -0.15) is 0 Å². The van der Waals surface area contributed by atoms with Gasteiger partial charge in [-0.15, -0.1) is 0 Å². The van der Waals surface area contributed by atoms with Crippen molar-refractivity contribution in [2.45, 2.75) is 33.2 Å². The number of nitrogens with one attached hydrogen (secondary N) is 1. The molecule has 0 aliphatic heterocycles. The molecule has 2 heteroatoms. The zero-order valence-electron chi connectivity index (χ0n) is 9.46. The molecule has 0 fully saturated rings. The Bertz CT molecular complexity index is 303. The van der Waals surface area contributed by atoms with Crippen molar-refractivity contribution in [3.8, 4) is 0 Å². The summed E-state index contributed by atoms with van der Waals surface area (Å²) in [6.07, 6.45) is 0. The van der Waals surface area contributed by atoms with Gasteiger partial charge in [-0.3, -0.25) is 0 Å². The molecule has 2 nitrogen and oxygen atoms in total. The van der Waals surface area contributed by atoms with E-state index in [1.807, 2.05) is 24.3 Å². The fourth-order valence-electron chi connectivity index (χ4n) is 1.13. The fraction of sp³-hybridized carbons (Fsp3) is 0.500. The molecule has 0 saturated heterocycles. The predicted octanol–water partition coefficient (Wildman–Crippen LogP) is 3.12. The molecule has 0 aliphatic carbocycles. The molecular weight excluding hydrogens is 172 g/mol. The van der Waals surface area contributed by atoms with E-state index in [1.165, 1.54) is 0 Å². The van der Waals surface area contributed by atoms with E-state index in [9.17, 15) is 0 Å². The normalized spacial score (nSPS) is 11.8. The van der Waals surface area contributed by atoms with Gasteiger partial charge < -0.3 is 11.1 Å². The van der Waals surface area contributed by atoms with Crippen molar-refractivity contribution in [2.75, 3.05) is 11.1 Å². The third-order valence-electron chi connectivity index (χ3n) is 2.80. The van der Waals surface area contributed by atoms with Gasteiger partial charge in [0.05, 0.1) is 0 Å². The molecule has 0 unspecified atom stereocenters. The second-order valence-electron chi connectivity index (χ2n) is 4.63. The van der Waals surface area contributed by atoms with Gasteiger partial charge in [-0.1, -0.05) is 19.9 Å². The van der Waals surface area contributed by atoms with E-state index in [4.69, 9.17) is 5.73 Å². The number of hydrogen-bond acceptors (Lipinski definition) is 2. The lowest BCUT2D eigenvalue weighted by Crippen LogP contribution is -2.36. The zero-order chi connectivity index (χ0) is 10.8. The van der Waals surface area contributed by atoms with Gasteiger partial charge in [0, 0.05) is 16.9 Å². The van der Waals surface area contributed by atoms with Crippen molar-refractivity contribution in [2.24, 2.45) is 5.92 Å². The number of benzene rings is 1. The van der Waals surface area contributed by atoms with E-state index in [1.54, 1.807) is 0 Å². The fourth-order valence-corrected chi connectivity index (χ4v) is 1.13. The SMILES string of the molecule is CC(C)C(C)(C)Nc1cccc(N)c1. The number of nitrogens with two attached hydrogens (primary N) is 1. The number of nitrogen functional groups attached to an aromatic ring is 1. The summed E-state index contributed by atoms with van der Waals surface area (Å²) in [5, 5.41) is 3.48. The number of anilines is 2. The van der Waals surface area contributed by atoms with Crippen LogP contribution in [-0.2, 0) is 0 Å².